The van der Waals surface area contributed by atoms with Gasteiger partial charge in [0.15, 0.2) is 5.69 Å². The van der Waals surface area contributed by atoms with Crippen molar-refractivity contribution < 1.29 is 18.0 Å². The highest BCUT2D eigenvalue weighted by molar-refractivity contribution is 6.31. The molecule has 28 heavy (non-hydrogen) atoms. The van der Waals surface area contributed by atoms with Gasteiger partial charge in [0.25, 0.3) is 0 Å². The molecule has 0 aliphatic heterocycles. The molecule has 2 aromatic heterocycles. The zero-order chi connectivity index (χ0) is 20.5. The van der Waals surface area contributed by atoms with E-state index in [9.17, 15) is 18.0 Å². The van der Waals surface area contributed by atoms with Crippen LogP contribution in [0, 0.1) is 0 Å². The van der Waals surface area contributed by atoms with Crippen molar-refractivity contribution in [2.45, 2.75) is 64.8 Å². The molecule has 1 aliphatic rings. The first-order chi connectivity index (χ1) is 13.2. The number of hydrogen-bond acceptors (Lipinski definition) is 3. The number of halogens is 4. The van der Waals surface area contributed by atoms with Crippen molar-refractivity contribution in [3.8, 4) is 0 Å². The molecule has 0 fully saturated rings. The average Bonchev–Trinajstić information content (AvgIpc) is 3.05. The highest BCUT2D eigenvalue weighted by Gasteiger charge is 2.39. The van der Waals surface area contributed by atoms with E-state index in [1.807, 2.05) is 6.92 Å². The van der Waals surface area contributed by atoms with Crippen LogP contribution in [-0.4, -0.2) is 37.4 Å². The molecule has 6 nitrogen and oxygen atoms in total. The lowest BCUT2D eigenvalue weighted by Gasteiger charge is -2.17. The Kier molecular flexibility index (Phi) is 6.02. The number of carbonyl (C=O) groups excluding carboxylic acids is 1. The van der Waals surface area contributed by atoms with Crippen molar-refractivity contribution in [1.29, 1.82) is 0 Å². The lowest BCUT2D eigenvalue weighted by atomic mass is 10.1. The third-order valence-electron chi connectivity index (χ3n) is 4.98. The molecule has 0 atom stereocenters. The summed E-state index contributed by atoms with van der Waals surface area (Å²) in [5.41, 5.74) is 0.462. The molecule has 0 aromatic carbocycles. The smallest absolute Gasteiger partial charge is 0.338 e. The minimum absolute atomic E-state index is 0.181. The number of carbonyl (C=O) groups is 1. The summed E-state index contributed by atoms with van der Waals surface area (Å²) >= 11 is 6.14. The first kappa shape index (κ1) is 20.7. The fourth-order valence-electron chi connectivity index (χ4n) is 3.47. The van der Waals surface area contributed by atoms with Gasteiger partial charge in [-0.1, -0.05) is 18.0 Å². The lowest BCUT2D eigenvalue weighted by molar-refractivity contribution is -0.142. The number of likely N-dealkylation sites (N-methyl/N-ethyl adjacent to an activating group) is 1. The minimum atomic E-state index is -4.52. The number of aromatic nitrogens is 4. The summed E-state index contributed by atoms with van der Waals surface area (Å²) in [4.78, 5) is 14.1. The predicted octanol–water partition coefficient (Wildman–Crippen LogP) is 3.70. The Balaban J connectivity index is 1.79. The van der Waals surface area contributed by atoms with E-state index < -0.39 is 11.9 Å². The molecule has 0 saturated heterocycles. The molecule has 1 amide bonds. The van der Waals surface area contributed by atoms with Crippen molar-refractivity contribution in [1.82, 2.24) is 24.5 Å². The monoisotopic (exact) mass is 417 g/mol. The first-order valence-electron chi connectivity index (χ1n) is 9.32. The van der Waals surface area contributed by atoms with Crippen LogP contribution in [0.4, 0.5) is 13.2 Å². The van der Waals surface area contributed by atoms with Crippen molar-refractivity contribution >= 4 is 17.5 Å². The lowest BCUT2D eigenvalue weighted by Crippen LogP contribution is -2.31. The summed E-state index contributed by atoms with van der Waals surface area (Å²) in [7, 11) is 1.58. The topological polar surface area (TPSA) is 56.0 Å². The third-order valence-corrected chi connectivity index (χ3v) is 5.30. The summed E-state index contributed by atoms with van der Waals surface area (Å²) in [6.07, 6.45) is 0.379. The van der Waals surface area contributed by atoms with E-state index in [-0.39, 0.29) is 24.6 Å². The molecule has 154 valence electrons. The first-order valence-corrected chi connectivity index (χ1v) is 9.70. The summed E-state index contributed by atoms with van der Waals surface area (Å²) in [6.45, 7) is 2.52. The summed E-state index contributed by atoms with van der Waals surface area (Å²) in [5.74, 6) is -0.342. The van der Waals surface area contributed by atoms with Crippen LogP contribution in [0.25, 0.3) is 0 Å². The van der Waals surface area contributed by atoms with E-state index in [1.165, 1.54) is 9.58 Å². The van der Waals surface area contributed by atoms with Gasteiger partial charge in [-0.15, -0.1) is 0 Å². The second-order valence-corrected chi connectivity index (χ2v) is 7.43. The van der Waals surface area contributed by atoms with E-state index in [0.29, 0.717) is 42.2 Å². The van der Waals surface area contributed by atoms with Gasteiger partial charge >= 0.3 is 6.18 Å². The Morgan fingerprint density at radius 3 is 2.61 bits per heavy atom. The highest BCUT2D eigenvalue weighted by Crippen LogP contribution is 2.35. The predicted molar refractivity (Wildman–Crippen MR) is 97.9 cm³/mol. The molecule has 0 radical (unpaired) electrons. The van der Waals surface area contributed by atoms with Gasteiger partial charge in [-0.2, -0.15) is 23.4 Å². The van der Waals surface area contributed by atoms with Gasteiger partial charge in [0.1, 0.15) is 12.2 Å². The molecule has 0 bridgehead atoms. The molecule has 0 N–H and O–H groups in total. The Hall–Kier alpha value is -2.03. The van der Waals surface area contributed by atoms with Crippen LogP contribution in [0.1, 0.15) is 48.8 Å². The van der Waals surface area contributed by atoms with E-state index in [2.05, 4.69) is 10.2 Å². The van der Waals surface area contributed by atoms with Gasteiger partial charge in [0.2, 0.25) is 5.91 Å². The van der Waals surface area contributed by atoms with Crippen LogP contribution in [0.15, 0.2) is 6.20 Å². The summed E-state index contributed by atoms with van der Waals surface area (Å²) in [6, 6.07) is 0. The SMILES string of the molecule is CCn1cc(Cl)c(CN(C)C(=O)Cn2nc(C(F)(F)F)c3c2CCCCC3)n1. The van der Waals surface area contributed by atoms with Gasteiger partial charge in [0.05, 0.1) is 11.6 Å². The molecule has 10 heteroatoms. The maximum absolute atomic E-state index is 13.4. The number of fused-ring (bicyclic) bond motifs is 1. The second-order valence-electron chi connectivity index (χ2n) is 7.02. The molecular formula is C18H23ClF3N5O. The third kappa shape index (κ3) is 4.34. The molecule has 2 aromatic rings. The van der Waals surface area contributed by atoms with Crippen molar-refractivity contribution in [3.05, 3.63) is 33.9 Å². The Labute approximate surface area is 166 Å². The molecule has 0 saturated carbocycles. The van der Waals surface area contributed by atoms with Gasteiger partial charge in [-0.3, -0.25) is 14.2 Å². The van der Waals surface area contributed by atoms with Gasteiger partial charge in [-0.05, 0) is 32.6 Å². The minimum Gasteiger partial charge on any atom is -0.338 e. The Bertz CT molecular complexity index is 858. The molecule has 0 spiro atoms. The van der Waals surface area contributed by atoms with Gasteiger partial charge in [-0.25, -0.2) is 0 Å². The number of hydrogen-bond donors (Lipinski definition) is 0. The number of alkyl halides is 3. The van der Waals surface area contributed by atoms with E-state index in [0.717, 1.165) is 12.8 Å². The van der Waals surface area contributed by atoms with Gasteiger partial charge in [0, 0.05) is 31.0 Å². The molecule has 3 rings (SSSR count). The second kappa shape index (κ2) is 8.14. The number of aryl methyl sites for hydroxylation is 1. The fraction of sp³-hybridized carbons (Fsp3) is 0.611. The molecule has 1 aliphatic carbocycles. The van der Waals surface area contributed by atoms with E-state index >= 15 is 0 Å². The van der Waals surface area contributed by atoms with E-state index in [4.69, 9.17) is 11.6 Å². The number of amides is 1. The Morgan fingerprint density at radius 2 is 1.96 bits per heavy atom. The number of nitrogens with zero attached hydrogens (tertiary/aromatic N) is 5. The largest absolute Gasteiger partial charge is 0.435 e. The normalized spacial score (nSPS) is 14.6. The zero-order valence-corrected chi connectivity index (χ0v) is 16.6. The van der Waals surface area contributed by atoms with Crippen LogP contribution in [-0.2, 0) is 43.4 Å². The van der Waals surface area contributed by atoms with Crippen LogP contribution in [0.3, 0.4) is 0 Å². The summed E-state index contributed by atoms with van der Waals surface area (Å²) < 4.78 is 43.1. The van der Waals surface area contributed by atoms with Crippen molar-refractivity contribution in [3.63, 3.8) is 0 Å². The van der Waals surface area contributed by atoms with E-state index in [1.54, 1.807) is 17.9 Å². The quantitative estimate of drug-likeness (QED) is 0.697. The van der Waals surface area contributed by atoms with Crippen LogP contribution in [0.5, 0.6) is 0 Å². The maximum Gasteiger partial charge on any atom is 0.435 e. The maximum atomic E-state index is 13.4. The van der Waals surface area contributed by atoms with Crippen molar-refractivity contribution in [2.24, 2.45) is 0 Å². The molecular weight excluding hydrogens is 395 g/mol. The molecule has 2 heterocycles. The number of rotatable bonds is 5. The van der Waals surface area contributed by atoms with Gasteiger partial charge < -0.3 is 4.90 Å². The zero-order valence-electron chi connectivity index (χ0n) is 15.9. The van der Waals surface area contributed by atoms with Crippen molar-refractivity contribution in [2.75, 3.05) is 7.05 Å². The standard InChI is InChI=1S/C18H23ClF3N5O/c1-3-26-9-13(19)14(23-26)10-25(2)16(28)11-27-15-8-6-4-5-7-12(15)17(24-27)18(20,21)22/h9H,3-8,10-11H2,1-2H3. The average molecular weight is 418 g/mol. The molecule has 0 unspecified atom stereocenters. The highest BCUT2D eigenvalue weighted by atomic mass is 35.5. The summed E-state index contributed by atoms with van der Waals surface area (Å²) in [5, 5.41) is 8.52. The fourth-order valence-corrected chi connectivity index (χ4v) is 3.68. The van der Waals surface area contributed by atoms with Crippen LogP contribution < -0.4 is 0 Å². The van der Waals surface area contributed by atoms with Crippen LogP contribution >= 0.6 is 11.6 Å². The van der Waals surface area contributed by atoms with Crippen LogP contribution in [0.2, 0.25) is 5.02 Å². The Morgan fingerprint density at radius 1 is 1.25 bits per heavy atom.